The molecule has 4 nitrogen and oxygen atoms in total. The summed E-state index contributed by atoms with van der Waals surface area (Å²) in [5.74, 6) is 0.404. The smallest absolute Gasteiger partial charge is 0.221 e. The molecule has 0 heterocycles. The van der Waals surface area contributed by atoms with Gasteiger partial charge in [-0.3, -0.25) is 4.79 Å². The van der Waals surface area contributed by atoms with Gasteiger partial charge in [-0.1, -0.05) is 22.9 Å². The number of hydrogen-bond acceptors (Lipinski definition) is 3. The lowest BCUT2D eigenvalue weighted by Crippen LogP contribution is -2.11. The van der Waals surface area contributed by atoms with Crippen LogP contribution in [0.1, 0.15) is 31.7 Å². The SMILES string of the molecule is COc1ccc(Br)c(C(C)CC=O)c1NC(C)=O. The van der Waals surface area contributed by atoms with Crippen LogP contribution in [-0.2, 0) is 9.59 Å². The number of methoxy groups -OCH3 is 1. The van der Waals surface area contributed by atoms with Crippen LogP contribution in [0.4, 0.5) is 5.69 Å². The molecule has 0 bridgehead atoms. The molecule has 18 heavy (non-hydrogen) atoms. The molecule has 0 aliphatic heterocycles. The standard InChI is InChI=1S/C13H16BrNO3/c1-8(6-7-16)12-10(14)4-5-11(18-3)13(12)15-9(2)17/h4-5,7-8H,6H2,1-3H3,(H,15,17). The van der Waals surface area contributed by atoms with Gasteiger partial charge in [-0.05, 0) is 23.6 Å². The third-order valence-electron chi connectivity index (χ3n) is 2.62. The van der Waals surface area contributed by atoms with E-state index in [2.05, 4.69) is 21.2 Å². The van der Waals surface area contributed by atoms with Crippen molar-refractivity contribution in [2.75, 3.05) is 12.4 Å². The summed E-state index contributed by atoms with van der Waals surface area (Å²) in [7, 11) is 1.54. The van der Waals surface area contributed by atoms with Crippen molar-refractivity contribution in [2.45, 2.75) is 26.2 Å². The Morgan fingerprint density at radius 1 is 1.56 bits per heavy atom. The second kappa shape index (κ2) is 6.54. The number of halogens is 1. The second-order valence-electron chi connectivity index (χ2n) is 4.02. The fourth-order valence-corrected chi connectivity index (χ4v) is 2.51. The zero-order chi connectivity index (χ0) is 13.7. The largest absolute Gasteiger partial charge is 0.495 e. The van der Waals surface area contributed by atoms with Crippen LogP contribution in [0.2, 0.25) is 0 Å². The van der Waals surface area contributed by atoms with Gasteiger partial charge in [-0.2, -0.15) is 0 Å². The van der Waals surface area contributed by atoms with E-state index < -0.39 is 0 Å². The molecule has 98 valence electrons. The summed E-state index contributed by atoms with van der Waals surface area (Å²) < 4.78 is 6.09. The number of benzene rings is 1. The van der Waals surface area contributed by atoms with Gasteiger partial charge in [0.25, 0.3) is 0 Å². The third-order valence-corrected chi connectivity index (χ3v) is 3.31. The molecule has 0 spiro atoms. The minimum atomic E-state index is -0.175. The van der Waals surface area contributed by atoms with Crippen LogP contribution < -0.4 is 10.1 Å². The molecule has 1 unspecified atom stereocenters. The van der Waals surface area contributed by atoms with Crippen molar-refractivity contribution in [3.63, 3.8) is 0 Å². The van der Waals surface area contributed by atoms with Crippen molar-refractivity contribution in [3.05, 3.63) is 22.2 Å². The van der Waals surface area contributed by atoms with Gasteiger partial charge in [0.15, 0.2) is 0 Å². The topological polar surface area (TPSA) is 55.4 Å². The number of rotatable bonds is 5. The summed E-state index contributed by atoms with van der Waals surface area (Å²) in [6.45, 7) is 3.37. The molecule has 0 aromatic heterocycles. The van der Waals surface area contributed by atoms with E-state index >= 15 is 0 Å². The molecule has 1 aromatic carbocycles. The lowest BCUT2D eigenvalue weighted by molar-refractivity contribution is -0.114. The molecule has 1 atom stereocenters. The molecule has 0 aliphatic carbocycles. The predicted octanol–water partition coefficient (Wildman–Crippen LogP) is 3.11. The number of carbonyl (C=O) groups is 2. The number of carbonyl (C=O) groups excluding carboxylic acids is 2. The summed E-state index contributed by atoms with van der Waals surface area (Å²) in [4.78, 5) is 21.9. The number of amides is 1. The molecular formula is C13H16BrNO3. The van der Waals surface area contributed by atoms with Crippen LogP contribution in [-0.4, -0.2) is 19.3 Å². The highest BCUT2D eigenvalue weighted by Crippen LogP contribution is 2.39. The van der Waals surface area contributed by atoms with Crippen molar-refractivity contribution in [3.8, 4) is 5.75 Å². The van der Waals surface area contributed by atoms with Crippen LogP contribution in [0, 0.1) is 0 Å². The summed E-state index contributed by atoms with van der Waals surface area (Å²) in [5.41, 5.74) is 1.49. The molecule has 1 amide bonds. The van der Waals surface area contributed by atoms with E-state index in [-0.39, 0.29) is 11.8 Å². The van der Waals surface area contributed by atoms with Crippen LogP contribution in [0.15, 0.2) is 16.6 Å². The molecule has 5 heteroatoms. The molecule has 1 aromatic rings. The van der Waals surface area contributed by atoms with Gasteiger partial charge in [0.2, 0.25) is 5.91 Å². The average Bonchev–Trinajstić information content (AvgIpc) is 2.29. The molecule has 1 N–H and O–H groups in total. The van der Waals surface area contributed by atoms with E-state index in [0.29, 0.717) is 17.9 Å². The Morgan fingerprint density at radius 2 is 2.22 bits per heavy atom. The van der Waals surface area contributed by atoms with Gasteiger partial charge < -0.3 is 14.8 Å². The monoisotopic (exact) mass is 313 g/mol. The lowest BCUT2D eigenvalue weighted by atomic mass is 9.96. The Morgan fingerprint density at radius 3 is 2.72 bits per heavy atom. The van der Waals surface area contributed by atoms with Crippen molar-refractivity contribution in [2.24, 2.45) is 0 Å². The maximum atomic E-state index is 11.3. The van der Waals surface area contributed by atoms with E-state index in [1.165, 1.54) is 6.92 Å². The number of nitrogens with one attached hydrogen (secondary N) is 1. The molecule has 0 radical (unpaired) electrons. The van der Waals surface area contributed by atoms with E-state index in [1.807, 2.05) is 13.0 Å². The first-order chi connectivity index (χ1) is 8.51. The second-order valence-corrected chi connectivity index (χ2v) is 4.88. The van der Waals surface area contributed by atoms with Crippen molar-refractivity contribution in [1.82, 2.24) is 0 Å². The number of ether oxygens (including phenoxy) is 1. The Labute approximate surface area is 115 Å². The van der Waals surface area contributed by atoms with Crippen LogP contribution >= 0.6 is 15.9 Å². The number of hydrogen-bond donors (Lipinski definition) is 1. The van der Waals surface area contributed by atoms with Gasteiger partial charge in [0.1, 0.15) is 12.0 Å². The van der Waals surface area contributed by atoms with Gasteiger partial charge in [-0.25, -0.2) is 0 Å². The van der Waals surface area contributed by atoms with Crippen molar-refractivity contribution in [1.29, 1.82) is 0 Å². The highest BCUT2D eigenvalue weighted by molar-refractivity contribution is 9.10. The van der Waals surface area contributed by atoms with Crippen LogP contribution in [0.5, 0.6) is 5.75 Å². The molecular weight excluding hydrogens is 298 g/mol. The lowest BCUT2D eigenvalue weighted by Gasteiger charge is -2.19. The predicted molar refractivity (Wildman–Crippen MR) is 74.1 cm³/mol. The van der Waals surface area contributed by atoms with Crippen LogP contribution in [0.3, 0.4) is 0 Å². The maximum Gasteiger partial charge on any atom is 0.221 e. The van der Waals surface area contributed by atoms with E-state index in [0.717, 1.165) is 16.3 Å². The van der Waals surface area contributed by atoms with Gasteiger partial charge in [0, 0.05) is 17.8 Å². The summed E-state index contributed by atoms with van der Waals surface area (Å²) in [5, 5.41) is 2.76. The first-order valence-electron chi connectivity index (χ1n) is 5.58. The first kappa shape index (κ1) is 14.7. The third kappa shape index (κ3) is 3.32. The Hall–Kier alpha value is -1.36. The number of aldehydes is 1. The van der Waals surface area contributed by atoms with Gasteiger partial charge in [-0.15, -0.1) is 0 Å². The van der Waals surface area contributed by atoms with E-state index in [4.69, 9.17) is 4.74 Å². The Kier molecular flexibility index (Phi) is 5.34. The van der Waals surface area contributed by atoms with E-state index in [9.17, 15) is 9.59 Å². The first-order valence-corrected chi connectivity index (χ1v) is 6.38. The minimum Gasteiger partial charge on any atom is -0.495 e. The Bertz CT molecular complexity index is 460. The van der Waals surface area contributed by atoms with Gasteiger partial charge >= 0.3 is 0 Å². The summed E-state index contributed by atoms with van der Waals surface area (Å²) in [6, 6.07) is 3.62. The zero-order valence-corrected chi connectivity index (χ0v) is 12.2. The van der Waals surface area contributed by atoms with E-state index in [1.54, 1.807) is 13.2 Å². The molecule has 0 saturated heterocycles. The minimum absolute atomic E-state index is 0.00572. The highest BCUT2D eigenvalue weighted by atomic mass is 79.9. The highest BCUT2D eigenvalue weighted by Gasteiger charge is 2.19. The fraction of sp³-hybridized carbons (Fsp3) is 0.385. The van der Waals surface area contributed by atoms with Gasteiger partial charge in [0.05, 0.1) is 12.8 Å². The summed E-state index contributed by atoms with van der Waals surface area (Å²) >= 11 is 3.45. The van der Waals surface area contributed by atoms with Crippen molar-refractivity contribution >= 4 is 33.8 Å². The van der Waals surface area contributed by atoms with Crippen LogP contribution in [0.25, 0.3) is 0 Å². The summed E-state index contributed by atoms with van der Waals surface area (Å²) in [6.07, 6.45) is 1.26. The fourth-order valence-electron chi connectivity index (χ4n) is 1.79. The molecule has 0 saturated carbocycles. The number of anilines is 1. The maximum absolute atomic E-state index is 11.3. The van der Waals surface area contributed by atoms with Crippen molar-refractivity contribution < 1.29 is 14.3 Å². The zero-order valence-electron chi connectivity index (χ0n) is 10.6. The molecule has 1 rings (SSSR count). The molecule has 0 aliphatic rings. The Balaban J connectivity index is 3.34. The molecule has 0 fully saturated rings. The normalized spacial score (nSPS) is 11.8. The quantitative estimate of drug-likeness (QED) is 0.850. The average molecular weight is 314 g/mol.